The van der Waals surface area contributed by atoms with Gasteiger partial charge in [0.2, 0.25) is 0 Å². The Balaban J connectivity index is 1.22. The Morgan fingerprint density at radius 1 is 0.388 bits per heavy atom. The summed E-state index contributed by atoms with van der Waals surface area (Å²) in [5.74, 6) is 0.496. The van der Waals surface area contributed by atoms with E-state index in [2.05, 4.69) is 36.4 Å². The molecule has 7 aromatic carbocycles. The lowest BCUT2D eigenvalue weighted by Crippen LogP contribution is -2.00. The van der Waals surface area contributed by atoms with Crippen LogP contribution in [0.2, 0.25) is 0 Å². The summed E-state index contributed by atoms with van der Waals surface area (Å²) < 4.78 is 96.7. The van der Waals surface area contributed by atoms with E-state index in [4.69, 9.17) is 25.9 Å². The van der Waals surface area contributed by atoms with Gasteiger partial charge < -0.3 is 0 Å². The van der Waals surface area contributed by atoms with Crippen molar-refractivity contribution in [1.82, 2.24) is 15.0 Å². The first-order valence-corrected chi connectivity index (χ1v) is 16.3. The van der Waals surface area contributed by atoms with Crippen LogP contribution < -0.4 is 0 Å². The molecular formula is C45H29N3S. The van der Waals surface area contributed by atoms with Crippen molar-refractivity contribution in [1.29, 1.82) is 0 Å². The molecule has 0 bridgehead atoms. The molecule has 0 unspecified atom stereocenters. The van der Waals surface area contributed by atoms with Gasteiger partial charge in [-0.2, -0.15) is 0 Å². The Bertz CT molecular complexity index is 3170. The predicted molar refractivity (Wildman–Crippen MR) is 205 cm³/mol. The summed E-state index contributed by atoms with van der Waals surface area (Å²) in [6.45, 7) is 0. The van der Waals surface area contributed by atoms with Crippen LogP contribution in [0.4, 0.5) is 0 Å². The van der Waals surface area contributed by atoms with Crippen LogP contribution in [-0.4, -0.2) is 15.0 Å². The van der Waals surface area contributed by atoms with Crippen LogP contribution in [0, 0.1) is 0 Å². The van der Waals surface area contributed by atoms with Crippen LogP contribution in [0.3, 0.4) is 0 Å². The van der Waals surface area contributed by atoms with Crippen LogP contribution in [0.25, 0.3) is 87.7 Å². The van der Waals surface area contributed by atoms with E-state index in [1.165, 1.54) is 0 Å². The molecule has 0 saturated heterocycles. The fourth-order valence-electron chi connectivity index (χ4n) is 5.71. The average Bonchev–Trinajstić information content (AvgIpc) is 3.69. The van der Waals surface area contributed by atoms with Gasteiger partial charge in [0.1, 0.15) is 0 Å². The third-order valence-electron chi connectivity index (χ3n) is 8.17. The number of hydrogen-bond acceptors (Lipinski definition) is 4. The van der Waals surface area contributed by atoms with Crippen molar-refractivity contribution in [2.24, 2.45) is 0 Å². The van der Waals surface area contributed by atoms with Crippen LogP contribution in [0.5, 0.6) is 0 Å². The molecule has 2 heterocycles. The highest BCUT2D eigenvalue weighted by Crippen LogP contribution is 2.41. The molecule has 9 aromatic rings. The monoisotopic (exact) mass is 654 g/mol. The second kappa shape index (κ2) is 12.4. The molecule has 0 spiro atoms. The van der Waals surface area contributed by atoms with E-state index >= 15 is 0 Å². The molecule has 0 atom stereocenters. The maximum atomic E-state index is 9.52. The predicted octanol–water partition coefficient (Wildman–Crippen LogP) is 12.2. The molecule has 230 valence electrons. The lowest BCUT2D eigenvalue weighted by molar-refractivity contribution is 1.07. The molecule has 9 rings (SSSR count). The third-order valence-corrected chi connectivity index (χ3v) is 9.29. The molecule has 0 radical (unpaired) electrons. The fourth-order valence-corrected chi connectivity index (χ4v) is 6.83. The van der Waals surface area contributed by atoms with Gasteiger partial charge in [-0.15, -0.1) is 11.3 Å². The Kier molecular flexibility index (Phi) is 4.96. The Morgan fingerprint density at radius 2 is 0.898 bits per heavy atom. The number of nitrogens with zero attached hydrogens (tertiary/aromatic N) is 3. The molecule has 0 amide bonds. The summed E-state index contributed by atoms with van der Waals surface area (Å²) in [6.07, 6.45) is 0. The maximum absolute atomic E-state index is 9.52. The number of hydrogen-bond donors (Lipinski definition) is 0. The molecule has 49 heavy (non-hydrogen) atoms. The Morgan fingerprint density at radius 3 is 1.51 bits per heavy atom. The molecular weight excluding hydrogens is 615 g/mol. The van der Waals surface area contributed by atoms with Gasteiger partial charge in [-0.05, 0) is 39.4 Å². The standard InChI is InChI=1S/C45H29N3S/c1-4-11-30(12-5-1)31-19-21-32(22-20-31)33-23-25-36(26-24-33)44-46-43(35-15-8-3-9-16-35)47-45(48-44)37-27-28-39-40-18-10-17-38(34-13-6-2-7-14-34)42(40)49-41(39)29-37/h1-29H/i2D,6D,7D,10D,13D,14D,17D,18D,27D,28D,29D. The summed E-state index contributed by atoms with van der Waals surface area (Å²) in [5.41, 5.74) is 4.91. The van der Waals surface area contributed by atoms with E-state index in [1.807, 2.05) is 72.8 Å². The fraction of sp³-hybridized carbons (Fsp3) is 0. The van der Waals surface area contributed by atoms with Gasteiger partial charge in [-0.1, -0.05) is 170 Å². The summed E-state index contributed by atoms with van der Waals surface area (Å²) in [5, 5.41) is -0.0155. The molecule has 0 fully saturated rings. The molecule has 2 aromatic heterocycles. The number of thiophene rings is 1. The number of fused-ring (bicyclic) bond motifs is 3. The van der Waals surface area contributed by atoms with Crippen molar-refractivity contribution in [2.75, 3.05) is 0 Å². The summed E-state index contributed by atoms with van der Waals surface area (Å²) >= 11 is 0.891. The lowest BCUT2D eigenvalue weighted by atomic mass is 9.99. The summed E-state index contributed by atoms with van der Waals surface area (Å²) in [7, 11) is 0. The Hall–Kier alpha value is -6.23. The minimum Gasteiger partial charge on any atom is -0.208 e. The van der Waals surface area contributed by atoms with Gasteiger partial charge in [-0.25, -0.2) is 15.0 Å². The van der Waals surface area contributed by atoms with Gasteiger partial charge in [-0.3, -0.25) is 0 Å². The van der Waals surface area contributed by atoms with Crippen LogP contribution in [-0.2, 0) is 0 Å². The molecule has 0 aliphatic heterocycles. The van der Waals surface area contributed by atoms with E-state index in [9.17, 15) is 4.11 Å². The number of benzene rings is 7. The molecule has 0 saturated carbocycles. The van der Waals surface area contributed by atoms with Gasteiger partial charge in [0.15, 0.2) is 17.5 Å². The van der Waals surface area contributed by atoms with E-state index in [-0.39, 0.29) is 66.4 Å². The van der Waals surface area contributed by atoms with Gasteiger partial charge in [0, 0.05) is 36.9 Å². The Labute approximate surface area is 304 Å². The lowest BCUT2D eigenvalue weighted by Gasteiger charge is -2.09. The normalized spacial score (nSPS) is 14.4. The zero-order chi connectivity index (χ0) is 42.1. The van der Waals surface area contributed by atoms with Gasteiger partial charge >= 0.3 is 0 Å². The second-order valence-electron chi connectivity index (χ2n) is 11.2. The topological polar surface area (TPSA) is 38.7 Å². The van der Waals surface area contributed by atoms with Crippen molar-refractivity contribution in [3.63, 3.8) is 0 Å². The molecule has 0 aliphatic rings. The zero-order valence-electron chi connectivity index (χ0n) is 36.6. The minimum absolute atomic E-state index is 0.00539. The largest absolute Gasteiger partial charge is 0.208 e. The molecule has 3 nitrogen and oxygen atoms in total. The molecule has 4 heteroatoms. The van der Waals surface area contributed by atoms with Crippen LogP contribution in [0.15, 0.2) is 176 Å². The van der Waals surface area contributed by atoms with E-state index in [0.717, 1.165) is 33.6 Å². The molecule has 0 aliphatic carbocycles. The van der Waals surface area contributed by atoms with E-state index in [0.29, 0.717) is 11.1 Å². The third kappa shape index (κ3) is 5.58. The quantitative estimate of drug-likeness (QED) is 0.179. The first-order valence-electron chi connectivity index (χ1n) is 21.0. The first-order chi connectivity index (χ1) is 28.8. The smallest absolute Gasteiger partial charge is 0.164 e. The zero-order valence-corrected chi connectivity index (χ0v) is 26.5. The maximum Gasteiger partial charge on any atom is 0.164 e. The van der Waals surface area contributed by atoms with E-state index in [1.54, 1.807) is 0 Å². The van der Waals surface area contributed by atoms with Crippen molar-refractivity contribution < 1.29 is 15.1 Å². The second-order valence-corrected chi connectivity index (χ2v) is 12.2. The SMILES string of the molecule is [2H]c1c([2H])c([2H])c(-c2c([2H])c([2H])c([2H])c3c2sc2c([2H])c(-c4nc(-c5ccccc5)nc(-c5ccc(-c6ccc(-c7ccccc7)cc6)cc5)n4)c([2H])c([2H])c23)c([2H])c1[2H]. The molecule has 0 N–H and O–H groups in total. The highest BCUT2D eigenvalue weighted by molar-refractivity contribution is 7.26. The van der Waals surface area contributed by atoms with Gasteiger partial charge in [0.05, 0.1) is 15.1 Å². The van der Waals surface area contributed by atoms with Gasteiger partial charge in [0.25, 0.3) is 0 Å². The van der Waals surface area contributed by atoms with E-state index < -0.39 is 54.4 Å². The van der Waals surface area contributed by atoms with Crippen LogP contribution in [0.1, 0.15) is 15.1 Å². The van der Waals surface area contributed by atoms with Crippen molar-refractivity contribution in [3.8, 4) is 67.5 Å². The highest BCUT2D eigenvalue weighted by Gasteiger charge is 2.15. The van der Waals surface area contributed by atoms with Crippen LogP contribution >= 0.6 is 11.3 Å². The highest BCUT2D eigenvalue weighted by atomic mass is 32.1. The van der Waals surface area contributed by atoms with Crippen molar-refractivity contribution >= 4 is 31.5 Å². The van der Waals surface area contributed by atoms with Crippen molar-refractivity contribution in [3.05, 3.63) is 176 Å². The summed E-state index contributed by atoms with van der Waals surface area (Å²) in [6, 6.07) is 29.6. The average molecular weight is 655 g/mol. The van der Waals surface area contributed by atoms with Crippen molar-refractivity contribution in [2.45, 2.75) is 0 Å². The number of rotatable bonds is 6. The summed E-state index contributed by atoms with van der Waals surface area (Å²) in [4.78, 5) is 14.3. The number of aromatic nitrogens is 3. The first kappa shape index (κ1) is 19.6. The minimum atomic E-state index is -0.633.